The average molecular weight is 298 g/mol. The van der Waals surface area contributed by atoms with Crippen LogP contribution in [0.25, 0.3) is 0 Å². The number of anilines is 1. The Kier molecular flexibility index (Phi) is 4.37. The Hall–Kier alpha value is -0.640. The summed E-state index contributed by atoms with van der Waals surface area (Å²) >= 11 is 3.49. The molecule has 0 unspecified atom stereocenters. The van der Waals surface area contributed by atoms with Gasteiger partial charge in [-0.05, 0) is 28.8 Å². The summed E-state index contributed by atoms with van der Waals surface area (Å²) in [6.45, 7) is 6.52. The van der Waals surface area contributed by atoms with Crippen molar-refractivity contribution in [2.75, 3.05) is 18.0 Å². The maximum atomic E-state index is 4.68. The molecule has 1 aliphatic heterocycles. The first-order valence-corrected chi connectivity index (χ1v) is 7.25. The van der Waals surface area contributed by atoms with Gasteiger partial charge in [0.15, 0.2) is 0 Å². The number of aromatic nitrogens is 2. The van der Waals surface area contributed by atoms with Crippen molar-refractivity contribution in [1.29, 1.82) is 0 Å². The lowest BCUT2D eigenvalue weighted by Gasteiger charge is -2.22. The van der Waals surface area contributed by atoms with Crippen LogP contribution in [-0.2, 0) is 0 Å². The highest BCUT2D eigenvalue weighted by atomic mass is 79.9. The van der Waals surface area contributed by atoms with Crippen molar-refractivity contribution < 1.29 is 0 Å². The fraction of sp³-hybridized carbons (Fsp3) is 0.692. The van der Waals surface area contributed by atoms with E-state index in [2.05, 4.69) is 44.6 Å². The molecule has 0 N–H and O–H groups in total. The molecule has 94 valence electrons. The van der Waals surface area contributed by atoms with Gasteiger partial charge < -0.3 is 4.90 Å². The summed E-state index contributed by atoms with van der Waals surface area (Å²) in [4.78, 5) is 11.5. The molecule has 0 amide bonds. The number of halogens is 1. The highest BCUT2D eigenvalue weighted by molar-refractivity contribution is 9.10. The lowest BCUT2D eigenvalue weighted by atomic mass is 10.2. The first-order chi connectivity index (χ1) is 8.16. The molecule has 0 bridgehead atoms. The van der Waals surface area contributed by atoms with E-state index in [0.717, 1.165) is 29.3 Å². The minimum Gasteiger partial charge on any atom is -0.356 e. The molecular weight excluding hydrogens is 278 g/mol. The first-order valence-electron chi connectivity index (χ1n) is 6.46. The molecule has 1 fully saturated rings. The van der Waals surface area contributed by atoms with Crippen LogP contribution in [0.5, 0.6) is 0 Å². The van der Waals surface area contributed by atoms with E-state index in [1.165, 1.54) is 25.7 Å². The third-order valence-corrected chi connectivity index (χ3v) is 3.55. The second-order valence-electron chi connectivity index (χ2n) is 4.96. The molecule has 0 saturated carbocycles. The van der Waals surface area contributed by atoms with E-state index in [1.54, 1.807) is 0 Å². The monoisotopic (exact) mass is 297 g/mol. The van der Waals surface area contributed by atoms with Gasteiger partial charge in [0.05, 0.1) is 0 Å². The standard InChI is InChI=1S/C13H20BrN3/c1-10(2)13-15-11(14)9-12(16-13)17-7-5-3-4-6-8-17/h9-10H,3-8H2,1-2H3. The van der Waals surface area contributed by atoms with Gasteiger partial charge >= 0.3 is 0 Å². The van der Waals surface area contributed by atoms with Crippen molar-refractivity contribution in [3.63, 3.8) is 0 Å². The van der Waals surface area contributed by atoms with Gasteiger partial charge in [0, 0.05) is 25.1 Å². The van der Waals surface area contributed by atoms with E-state index in [-0.39, 0.29) is 0 Å². The molecule has 17 heavy (non-hydrogen) atoms. The summed E-state index contributed by atoms with van der Waals surface area (Å²) in [5, 5.41) is 0. The Bertz CT molecular complexity index is 371. The van der Waals surface area contributed by atoms with Crippen molar-refractivity contribution >= 4 is 21.7 Å². The van der Waals surface area contributed by atoms with E-state index in [4.69, 9.17) is 0 Å². The number of rotatable bonds is 2. The van der Waals surface area contributed by atoms with Crippen molar-refractivity contribution in [1.82, 2.24) is 9.97 Å². The van der Waals surface area contributed by atoms with Crippen molar-refractivity contribution in [2.24, 2.45) is 0 Å². The molecule has 1 saturated heterocycles. The lowest BCUT2D eigenvalue weighted by molar-refractivity contribution is 0.726. The Labute approximate surface area is 112 Å². The molecule has 1 aromatic rings. The smallest absolute Gasteiger partial charge is 0.134 e. The average Bonchev–Trinajstić information content (AvgIpc) is 2.56. The quantitative estimate of drug-likeness (QED) is 0.779. The number of hydrogen-bond acceptors (Lipinski definition) is 3. The van der Waals surface area contributed by atoms with Crippen LogP contribution in [0, 0.1) is 0 Å². The van der Waals surface area contributed by atoms with Crippen molar-refractivity contribution in [3.8, 4) is 0 Å². The van der Waals surface area contributed by atoms with E-state index >= 15 is 0 Å². The molecule has 0 atom stereocenters. The zero-order valence-electron chi connectivity index (χ0n) is 10.6. The minimum atomic E-state index is 0.373. The van der Waals surface area contributed by atoms with Gasteiger partial charge in [-0.3, -0.25) is 0 Å². The molecule has 2 rings (SSSR count). The Morgan fingerprint density at radius 1 is 1.12 bits per heavy atom. The molecular formula is C13H20BrN3. The zero-order chi connectivity index (χ0) is 12.3. The van der Waals surface area contributed by atoms with Gasteiger partial charge in [-0.15, -0.1) is 0 Å². The van der Waals surface area contributed by atoms with Crippen LogP contribution in [0.15, 0.2) is 10.7 Å². The van der Waals surface area contributed by atoms with Crippen LogP contribution >= 0.6 is 15.9 Å². The minimum absolute atomic E-state index is 0.373. The summed E-state index contributed by atoms with van der Waals surface area (Å²) in [7, 11) is 0. The normalized spacial score (nSPS) is 17.3. The van der Waals surface area contributed by atoms with Crippen LogP contribution in [0.4, 0.5) is 5.82 Å². The SMILES string of the molecule is CC(C)c1nc(Br)cc(N2CCCCCC2)n1. The fourth-order valence-corrected chi connectivity index (χ4v) is 2.53. The predicted molar refractivity (Wildman–Crippen MR) is 74.5 cm³/mol. The molecule has 4 heteroatoms. The Morgan fingerprint density at radius 2 is 1.76 bits per heavy atom. The summed E-state index contributed by atoms with van der Waals surface area (Å²) in [6.07, 6.45) is 5.25. The van der Waals surface area contributed by atoms with Gasteiger partial charge in [-0.2, -0.15) is 0 Å². The third-order valence-electron chi connectivity index (χ3n) is 3.15. The molecule has 0 spiro atoms. The first kappa shape index (κ1) is 12.8. The second kappa shape index (κ2) is 5.80. The molecule has 1 aromatic heterocycles. The largest absolute Gasteiger partial charge is 0.356 e. The summed E-state index contributed by atoms with van der Waals surface area (Å²) in [5.74, 6) is 2.38. The van der Waals surface area contributed by atoms with Gasteiger partial charge in [0.2, 0.25) is 0 Å². The highest BCUT2D eigenvalue weighted by Crippen LogP contribution is 2.22. The highest BCUT2D eigenvalue weighted by Gasteiger charge is 2.14. The fourth-order valence-electron chi connectivity index (χ4n) is 2.14. The van der Waals surface area contributed by atoms with E-state index in [0.29, 0.717) is 5.92 Å². The molecule has 3 nitrogen and oxygen atoms in total. The number of nitrogens with zero attached hydrogens (tertiary/aromatic N) is 3. The molecule has 2 heterocycles. The van der Waals surface area contributed by atoms with Gasteiger partial charge in [0.1, 0.15) is 16.2 Å². The number of hydrogen-bond donors (Lipinski definition) is 0. The van der Waals surface area contributed by atoms with Gasteiger partial charge in [0.25, 0.3) is 0 Å². The van der Waals surface area contributed by atoms with Crippen LogP contribution < -0.4 is 4.90 Å². The lowest BCUT2D eigenvalue weighted by Crippen LogP contribution is -2.25. The third kappa shape index (κ3) is 3.41. The maximum absolute atomic E-state index is 4.68. The summed E-state index contributed by atoms with van der Waals surface area (Å²) < 4.78 is 0.899. The van der Waals surface area contributed by atoms with E-state index < -0.39 is 0 Å². The maximum Gasteiger partial charge on any atom is 0.134 e. The van der Waals surface area contributed by atoms with Crippen LogP contribution in [0.1, 0.15) is 51.3 Å². The van der Waals surface area contributed by atoms with Crippen LogP contribution in [-0.4, -0.2) is 23.1 Å². The molecule has 0 aromatic carbocycles. The van der Waals surface area contributed by atoms with E-state index in [9.17, 15) is 0 Å². The van der Waals surface area contributed by atoms with Crippen molar-refractivity contribution in [2.45, 2.75) is 45.4 Å². The topological polar surface area (TPSA) is 29.0 Å². The Balaban J connectivity index is 2.23. The molecule has 0 radical (unpaired) electrons. The molecule has 1 aliphatic rings. The second-order valence-corrected chi connectivity index (χ2v) is 5.78. The molecule has 0 aliphatic carbocycles. The van der Waals surface area contributed by atoms with Crippen LogP contribution in [0.3, 0.4) is 0 Å². The summed E-state index contributed by atoms with van der Waals surface area (Å²) in [5.41, 5.74) is 0. The van der Waals surface area contributed by atoms with Gasteiger partial charge in [-0.1, -0.05) is 26.7 Å². The van der Waals surface area contributed by atoms with Gasteiger partial charge in [-0.25, -0.2) is 9.97 Å². The predicted octanol–water partition coefficient (Wildman–Crippen LogP) is 3.74. The zero-order valence-corrected chi connectivity index (χ0v) is 12.2. The van der Waals surface area contributed by atoms with Crippen molar-refractivity contribution in [3.05, 3.63) is 16.5 Å². The Morgan fingerprint density at radius 3 is 2.35 bits per heavy atom. The van der Waals surface area contributed by atoms with Crippen LogP contribution in [0.2, 0.25) is 0 Å². The van der Waals surface area contributed by atoms with E-state index in [1.807, 2.05) is 6.07 Å². The summed E-state index contributed by atoms with van der Waals surface area (Å²) in [6, 6.07) is 2.04.